The lowest BCUT2D eigenvalue weighted by atomic mass is 9.96. The zero-order valence-corrected chi connectivity index (χ0v) is 18.1. The average molecular weight is 406 g/mol. The van der Waals surface area contributed by atoms with Crippen molar-refractivity contribution in [1.82, 2.24) is 24.8 Å². The van der Waals surface area contributed by atoms with Crippen LogP contribution >= 0.6 is 12.2 Å². The summed E-state index contributed by atoms with van der Waals surface area (Å²) in [5.74, 6) is 0. The van der Waals surface area contributed by atoms with Gasteiger partial charge in [-0.2, -0.15) is 0 Å². The van der Waals surface area contributed by atoms with Gasteiger partial charge in [-0.05, 0) is 75.8 Å². The minimum atomic E-state index is -0.00600. The van der Waals surface area contributed by atoms with E-state index in [1.165, 1.54) is 17.0 Å². The summed E-state index contributed by atoms with van der Waals surface area (Å²) in [6.07, 6.45) is 3.67. The highest BCUT2D eigenvalue weighted by Gasteiger charge is 2.41. The number of nitrogens with zero attached hydrogens (tertiary/aromatic N) is 4. The quantitative estimate of drug-likeness (QED) is 0.626. The number of hydrogen-bond acceptors (Lipinski definition) is 3. The molecule has 4 heterocycles. The SMILES string of the molecule is Cc1cc(C2C(c3ccccn3)NC(=S)N2Cc2ccccn2)c(C)n1C(C)C. The molecule has 2 atom stereocenters. The predicted octanol–water partition coefficient (Wildman–Crippen LogP) is 4.65. The zero-order valence-electron chi connectivity index (χ0n) is 17.3. The van der Waals surface area contributed by atoms with Crippen LogP contribution in [0.3, 0.4) is 0 Å². The summed E-state index contributed by atoms with van der Waals surface area (Å²) in [7, 11) is 0. The van der Waals surface area contributed by atoms with Gasteiger partial charge >= 0.3 is 0 Å². The number of pyridine rings is 2. The summed E-state index contributed by atoms with van der Waals surface area (Å²) in [4.78, 5) is 11.4. The van der Waals surface area contributed by atoms with Crippen LogP contribution in [-0.4, -0.2) is 24.5 Å². The van der Waals surface area contributed by atoms with Crippen LogP contribution in [0.1, 0.15) is 60.3 Å². The first-order valence-electron chi connectivity index (χ1n) is 10.0. The zero-order chi connectivity index (χ0) is 20.5. The molecule has 0 aliphatic carbocycles. The Hall–Kier alpha value is -2.73. The average Bonchev–Trinajstić information content (AvgIpc) is 3.19. The fourth-order valence-corrected chi connectivity index (χ4v) is 4.78. The van der Waals surface area contributed by atoms with Crippen LogP contribution in [-0.2, 0) is 6.54 Å². The number of thiocarbonyl (C=S) groups is 1. The van der Waals surface area contributed by atoms with E-state index in [1.54, 1.807) is 0 Å². The molecule has 0 saturated carbocycles. The van der Waals surface area contributed by atoms with E-state index in [1.807, 2.05) is 42.7 Å². The maximum Gasteiger partial charge on any atom is 0.170 e. The third-order valence-corrected chi connectivity index (χ3v) is 5.97. The maximum absolute atomic E-state index is 5.78. The van der Waals surface area contributed by atoms with E-state index in [0.29, 0.717) is 12.6 Å². The summed E-state index contributed by atoms with van der Waals surface area (Å²) < 4.78 is 2.39. The van der Waals surface area contributed by atoms with Crippen molar-refractivity contribution in [2.75, 3.05) is 0 Å². The molecule has 1 aliphatic rings. The van der Waals surface area contributed by atoms with Crippen molar-refractivity contribution in [2.45, 2.75) is 52.4 Å². The van der Waals surface area contributed by atoms with Crippen LogP contribution in [0.5, 0.6) is 0 Å². The summed E-state index contributed by atoms with van der Waals surface area (Å²) in [6.45, 7) is 9.49. The van der Waals surface area contributed by atoms with Gasteiger partial charge in [0.1, 0.15) is 0 Å². The van der Waals surface area contributed by atoms with Crippen LogP contribution in [0.2, 0.25) is 0 Å². The first-order valence-corrected chi connectivity index (χ1v) is 10.4. The lowest BCUT2D eigenvalue weighted by Gasteiger charge is -2.28. The molecule has 4 rings (SSSR count). The minimum Gasteiger partial charge on any atom is -0.352 e. The normalized spacial score (nSPS) is 19.1. The fourth-order valence-electron chi connectivity index (χ4n) is 4.48. The summed E-state index contributed by atoms with van der Waals surface area (Å²) in [5.41, 5.74) is 5.83. The number of aryl methyl sites for hydroxylation is 1. The van der Waals surface area contributed by atoms with E-state index < -0.39 is 0 Å². The monoisotopic (exact) mass is 405 g/mol. The van der Waals surface area contributed by atoms with E-state index in [4.69, 9.17) is 12.2 Å². The Morgan fingerprint density at radius 2 is 1.79 bits per heavy atom. The summed E-state index contributed by atoms with van der Waals surface area (Å²) >= 11 is 5.78. The molecular formula is C23H27N5S. The number of aromatic nitrogens is 3. The molecule has 3 aromatic rings. The van der Waals surface area contributed by atoms with Gasteiger partial charge in [0.2, 0.25) is 0 Å². The van der Waals surface area contributed by atoms with Crippen LogP contribution in [0, 0.1) is 13.8 Å². The molecule has 0 bridgehead atoms. The largest absolute Gasteiger partial charge is 0.352 e. The second-order valence-electron chi connectivity index (χ2n) is 7.87. The van der Waals surface area contributed by atoms with Gasteiger partial charge < -0.3 is 14.8 Å². The molecule has 5 nitrogen and oxygen atoms in total. The number of hydrogen-bond donors (Lipinski definition) is 1. The van der Waals surface area contributed by atoms with Gasteiger partial charge in [0.15, 0.2) is 5.11 Å². The van der Waals surface area contributed by atoms with Gasteiger partial charge in [-0.3, -0.25) is 9.97 Å². The van der Waals surface area contributed by atoms with E-state index in [9.17, 15) is 0 Å². The van der Waals surface area contributed by atoms with E-state index in [0.717, 1.165) is 16.5 Å². The third-order valence-electron chi connectivity index (χ3n) is 5.61. The third kappa shape index (κ3) is 3.65. The van der Waals surface area contributed by atoms with Crippen molar-refractivity contribution >= 4 is 17.3 Å². The lowest BCUT2D eigenvalue weighted by molar-refractivity contribution is 0.306. The Kier molecular flexibility index (Phi) is 5.37. The van der Waals surface area contributed by atoms with Crippen LogP contribution in [0.15, 0.2) is 54.9 Å². The molecule has 0 radical (unpaired) electrons. The molecule has 6 heteroatoms. The van der Waals surface area contributed by atoms with Crippen molar-refractivity contribution in [3.63, 3.8) is 0 Å². The maximum atomic E-state index is 5.78. The second kappa shape index (κ2) is 7.95. The standard InChI is InChI=1S/C23H27N5S/c1-15(2)28-16(3)13-19(17(28)4)22-21(20-10-6-8-12-25-20)26-23(29)27(22)14-18-9-5-7-11-24-18/h5-13,15,21-22H,14H2,1-4H3,(H,26,29). The Morgan fingerprint density at radius 3 is 2.38 bits per heavy atom. The molecule has 1 aliphatic heterocycles. The topological polar surface area (TPSA) is 46.0 Å². The fraction of sp³-hybridized carbons (Fsp3) is 0.348. The van der Waals surface area contributed by atoms with Crippen molar-refractivity contribution in [3.05, 3.63) is 83.2 Å². The Morgan fingerprint density at radius 1 is 1.07 bits per heavy atom. The van der Waals surface area contributed by atoms with Crippen LogP contribution in [0.4, 0.5) is 0 Å². The molecule has 0 spiro atoms. The van der Waals surface area contributed by atoms with Gasteiger partial charge in [0.05, 0.1) is 30.0 Å². The Bertz CT molecular complexity index is 997. The predicted molar refractivity (Wildman–Crippen MR) is 120 cm³/mol. The first-order chi connectivity index (χ1) is 14.0. The molecular weight excluding hydrogens is 378 g/mol. The molecule has 150 valence electrons. The Balaban J connectivity index is 1.81. The molecule has 3 aromatic heterocycles. The summed E-state index contributed by atoms with van der Waals surface area (Å²) in [6, 6.07) is 14.8. The highest BCUT2D eigenvalue weighted by Crippen LogP contribution is 2.41. The van der Waals surface area contributed by atoms with Crippen molar-refractivity contribution in [2.24, 2.45) is 0 Å². The van der Waals surface area contributed by atoms with Gasteiger partial charge in [0, 0.05) is 29.8 Å². The smallest absolute Gasteiger partial charge is 0.170 e. The molecule has 29 heavy (non-hydrogen) atoms. The van der Waals surface area contributed by atoms with E-state index >= 15 is 0 Å². The first kappa shape index (κ1) is 19.6. The lowest BCUT2D eigenvalue weighted by Crippen LogP contribution is -2.29. The molecule has 0 aromatic carbocycles. The minimum absolute atomic E-state index is 0.00600. The molecule has 2 unspecified atom stereocenters. The van der Waals surface area contributed by atoms with Crippen LogP contribution < -0.4 is 5.32 Å². The molecule has 1 N–H and O–H groups in total. The second-order valence-corrected chi connectivity index (χ2v) is 8.25. The highest BCUT2D eigenvalue weighted by atomic mass is 32.1. The van der Waals surface area contributed by atoms with Gasteiger partial charge in [-0.1, -0.05) is 12.1 Å². The number of rotatable bonds is 5. The van der Waals surface area contributed by atoms with Gasteiger partial charge in [-0.25, -0.2) is 0 Å². The van der Waals surface area contributed by atoms with Gasteiger partial charge in [0.25, 0.3) is 0 Å². The molecule has 1 fully saturated rings. The van der Waals surface area contributed by atoms with E-state index in [2.05, 4.69) is 64.6 Å². The van der Waals surface area contributed by atoms with Crippen LogP contribution in [0.25, 0.3) is 0 Å². The van der Waals surface area contributed by atoms with Crippen molar-refractivity contribution in [1.29, 1.82) is 0 Å². The van der Waals surface area contributed by atoms with Crippen molar-refractivity contribution < 1.29 is 0 Å². The molecule has 0 amide bonds. The summed E-state index contributed by atoms with van der Waals surface area (Å²) in [5, 5.41) is 4.27. The van der Waals surface area contributed by atoms with Gasteiger partial charge in [-0.15, -0.1) is 0 Å². The highest BCUT2D eigenvalue weighted by molar-refractivity contribution is 7.80. The molecule has 1 saturated heterocycles. The Labute approximate surface area is 177 Å². The number of nitrogens with one attached hydrogen (secondary N) is 1. The van der Waals surface area contributed by atoms with Crippen molar-refractivity contribution in [3.8, 4) is 0 Å². The van der Waals surface area contributed by atoms with E-state index in [-0.39, 0.29) is 12.1 Å².